The molecule has 0 saturated heterocycles. The second kappa shape index (κ2) is 14.0. The van der Waals surface area contributed by atoms with E-state index in [9.17, 15) is 0 Å². The van der Waals surface area contributed by atoms with Gasteiger partial charge in [0.25, 0.3) is 0 Å². The quantitative estimate of drug-likeness (QED) is 0.226. The van der Waals surface area contributed by atoms with Crippen molar-refractivity contribution >= 4 is 11.1 Å². The van der Waals surface area contributed by atoms with Crippen LogP contribution in [0.15, 0.2) is 103 Å². The van der Waals surface area contributed by atoms with Crippen LogP contribution in [0.5, 0.6) is 17.2 Å². The molecule has 0 atom stereocenters. The number of nitrogens with two attached hydrogens (primary N) is 3. The van der Waals surface area contributed by atoms with E-state index in [1.807, 2.05) is 42.5 Å². The highest BCUT2D eigenvalue weighted by Crippen LogP contribution is 2.38. The fourth-order valence-corrected chi connectivity index (χ4v) is 4.20. The molecule has 4 aromatic rings. The fraction of sp³-hybridized carbons (Fsp3) is 0.188. The second-order valence-corrected chi connectivity index (χ2v) is 8.60. The lowest BCUT2D eigenvalue weighted by molar-refractivity contribution is 0.328. The lowest BCUT2D eigenvalue weighted by Crippen LogP contribution is -2.10. The highest BCUT2D eigenvalue weighted by molar-refractivity contribution is 6.04. The summed E-state index contributed by atoms with van der Waals surface area (Å²) in [4.78, 5) is 0. The molecule has 6 nitrogen and oxygen atoms in total. The van der Waals surface area contributed by atoms with Crippen LogP contribution in [0.4, 0.5) is 0 Å². The molecule has 0 fully saturated rings. The molecule has 0 unspecified atom stereocenters. The van der Waals surface area contributed by atoms with Gasteiger partial charge in [0, 0.05) is 19.6 Å². The summed E-state index contributed by atoms with van der Waals surface area (Å²) in [5.41, 5.74) is 23.3. The third-order valence-electron chi connectivity index (χ3n) is 5.90. The van der Waals surface area contributed by atoms with Crippen LogP contribution in [-0.4, -0.2) is 39.5 Å². The first-order valence-electron chi connectivity index (χ1n) is 12.8. The summed E-state index contributed by atoms with van der Waals surface area (Å²) in [6.45, 7) is 2.82. The number of rotatable bonds is 13. The lowest BCUT2D eigenvalue weighted by Gasteiger charge is -2.19. The van der Waals surface area contributed by atoms with E-state index in [4.69, 9.17) is 31.4 Å². The van der Waals surface area contributed by atoms with Crippen molar-refractivity contribution in [1.82, 2.24) is 0 Å². The van der Waals surface area contributed by atoms with Gasteiger partial charge in [-0.1, -0.05) is 66.7 Å². The molecular formula is C32H35N3O3. The van der Waals surface area contributed by atoms with Crippen LogP contribution in [0.25, 0.3) is 11.1 Å². The molecule has 0 aliphatic heterocycles. The summed E-state index contributed by atoms with van der Waals surface area (Å²) in [6, 6.07) is 34.8. The zero-order valence-electron chi connectivity index (χ0n) is 21.5. The number of ether oxygens (including phenoxy) is 3. The number of hydrogen-bond donors (Lipinski definition) is 3. The van der Waals surface area contributed by atoms with Gasteiger partial charge >= 0.3 is 0 Å². The van der Waals surface area contributed by atoms with Gasteiger partial charge in [0.15, 0.2) is 0 Å². The summed E-state index contributed by atoms with van der Waals surface area (Å²) < 4.78 is 17.2. The van der Waals surface area contributed by atoms with Gasteiger partial charge in [-0.25, -0.2) is 0 Å². The van der Waals surface area contributed by atoms with Crippen molar-refractivity contribution in [3.8, 4) is 17.2 Å². The van der Waals surface area contributed by atoms with Crippen LogP contribution in [0.1, 0.15) is 22.3 Å². The van der Waals surface area contributed by atoms with Crippen LogP contribution in [0.3, 0.4) is 0 Å². The minimum atomic E-state index is 0.467. The first kappa shape index (κ1) is 26.9. The lowest BCUT2D eigenvalue weighted by atomic mass is 9.85. The Morgan fingerprint density at radius 3 is 0.974 bits per heavy atom. The van der Waals surface area contributed by atoms with Gasteiger partial charge in [0.2, 0.25) is 0 Å². The smallest absolute Gasteiger partial charge is 0.119 e. The Labute approximate surface area is 224 Å². The van der Waals surface area contributed by atoms with Gasteiger partial charge in [0.1, 0.15) is 37.1 Å². The van der Waals surface area contributed by atoms with Crippen molar-refractivity contribution in [2.75, 3.05) is 39.5 Å². The molecule has 0 bridgehead atoms. The summed E-state index contributed by atoms with van der Waals surface area (Å²) >= 11 is 0. The van der Waals surface area contributed by atoms with E-state index in [0.717, 1.165) is 50.6 Å². The minimum Gasteiger partial charge on any atom is -0.492 e. The molecule has 0 spiro atoms. The van der Waals surface area contributed by atoms with E-state index in [-0.39, 0.29) is 0 Å². The summed E-state index contributed by atoms with van der Waals surface area (Å²) in [5.74, 6) is 2.36. The molecule has 0 aromatic heterocycles. The van der Waals surface area contributed by atoms with Crippen LogP contribution >= 0.6 is 0 Å². The van der Waals surface area contributed by atoms with Crippen molar-refractivity contribution in [2.24, 2.45) is 17.2 Å². The molecule has 6 heteroatoms. The van der Waals surface area contributed by atoms with E-state index < -0.39 is 0 Å². The summed E-state index contributed by atoms with van der Waals surface area (Å²) in [5, 5.41) is 0. The molecular weight excluding hydrogens is 474 g/mol. The normalized spacial score (nSPS) is 10.6. The van der Waals surface area contributed by atoms with E-state index in [0.29, 0.717) is 39.5 Å². The maximum Gasteiger partial charge on any atom is 0.119 e. The van der Waals surface area contributed by atoms with Gasteiger partial charge in [-0.2, -0.15) is 0 Å². The second-order valence-electron chi connectivity index (χ2n) is 8.60. The topological polar surface area (TPSA) is 106 Å². The molecule has 38 heavy (non-hydrogen) atoms. The van der Waals surface area contributed by atoms with E-state index >= 15 is 0 Å². The summed E-state index contributed by atoms with van der Waals surface area (Å²) in [6.07, 6.45) is 0. The third kappa shape index (κ3) is 7.01. The number of hydrogen-bond acceptors (Lipinski definition) is 6. The SMILES string of the molecule is NCCOc1ccc(C(=C(c2ccc(OCCN)cc2)c2ccc(OCCN)cc2)c2ccccc2)cc1. The molecule has 4 aromatic carbocycles. The maximum absolute atomic E-state index is 5.73. The Kier molecular flexibility index (Phi) is 9.93. The Hall–Kier alpha value is -4.10. The third-order valence-corrected chi connectivity index (χ3v) is 5.90. The Bertz CT molecular complexity index is 1230. The van der Waals surface area contributed by atoms with Crippen LogP contribution in [-0.2, 0) is 0 Å². The van der Waals surface area contributed by atoms with Crippen LogP contribution in [0.2, 0.25) is 0 Å². The average Bonchev–Trinajstić information content (AvgIpc) is 2.98. The highest BCUT2D eigenvalue weighted by Gasteiger charge is 2.17. The van der Waals surface area contributed by atoms with Crippen molar-refractivity contribution in [3.05, 3.63) is 125 Å². The first-order chi connectivity index (χ1) is 18.7. The average molecular weight is 510 g/mol. The van der Waals surface area contributed by atoms with Crippen molar-refractivity contribution < 1.29 is 14.2 Å². The van der Waals surface area contributed by atoms with E-state index in [2.05, 4.69) is 60.7 Å². The zero-order chi connectivity index (χ0) is 26.6. The van der Waals surface area contributed by atoms with Gasteiger partial charge < -0.3 is 31.4 Å². The zero-order valence-corrected chi connectivity index (χ0v) is 21.5. The summed E-state index contributed by atoms with van der Waals surface area (Å²) in [7, 11) is 0. The van der Waals surface area contributed by atoms with Gasteiger partial charge in [-0.3, -0.25) is 0 Å². The Morgan fingerprint density at radius 2 is 0.684 bits per heavy atom. The fourth-order valence-electron chi connectivity index (χ4n) is 4.20. The van der Waals surface area contributed by atoms with Gasteiger partial charge in [0.05, 0.1) is 0 Å². The van der Waals surface area contributed by atoms with Crippen LogP contribution in [0, 0.1) is 0 Å². The molecule has 0 radical (unpaired) electrons. The maximum atomic E-state index is 5.73. The van der Waals surface area contributed by atoms with Gasteiger partial charge in [-0.15, -0.1) is 0 Å². The van der Waals surface area contributed by atoms with E-state index in [1.54, 1.807) is 0 Å². The van der Waals surface area contributed by atoms with Crippen molar-refractivity contribution in [3.63, 3.8) is 0 Å². The van der Waals surface area contributed by atoms with E-state index in [1.165, 1.54) is 0 Å². The Balaban J connectivity index is 1.88. The molecule has 196 valence electrons. The molecule has 4 rings (SSSR count). The largest absolute Gasteiger partial charge is 0.492 e. The van der Waals surface area contributed by atoms with Gasteiger partial charge in [-0.05, 0) is 69.8 Å². The predicted octanol–water partition coefficient (Wildman–Crippen LogP) is 4.71. The predicted molar refractivity (Wildman–Crippen MR) is 154 cm³/mol. The molecule has 0 amide bonds. The molecule has 6 N–H and O–H groups in total. The minimum absolute atomic E-state index is 0.467. The van der Waals surface area contributed by atoms with Crippen LogP contribution < -0.4 is 31.4 Å². The van der Waals surface area contributed by atoms with Crippen molar-refractivity contribution in [1.29, 1.82) is 0 Å². The first-order valence-corrected chi connectivity index (χ1v) is 12.8. The Morgan fingerprint density at radius 1 is 0.395 bits per heavy atom. The standard InChI is InChI=1S/C32H35N3O3/c33-18-21-36-28-12-6-25(7-13-28)31(24-4-2-1-3-5-24)32(26-8-14-29(15-9-26)37-22-19-34)27-10-16-30(17-11-27)38-23-20-35/h1-17H,18-23,33-35H2. The molecule has 0 heterocycles. The molecule has 0 saturated carbocycles. The molecule has 0 aliphatic carbocycles. The van der Waals surface area contributed by atoms with Crippen molar-refractivity contribution in [2.45, 2.75) is 0 Å². The monoisotopic (exact) mass is 509 g/mol. The number of benzene rings is 4. The highest BCUT2D eigenvalue weighted by atomic mass is 16.5. The molecule has 0 aliphatic rings.